The average Bonchev–Trinajstić information content (AvgIpc) is 2.99. The Labute approximate surface area is 154 Å². The summed E-state index contributed by atoms with van der Waals surface area (Å²) in [6, 6.07) is 6.84. The van der Waals surface area contributed by atoms with Crippen LogP contribution in [0.3, 0.4) is 0 Å². The van der Waals surface area contributed by atoms with Crippen LogP contribution in [-0.2, 0) is 0 Å². The largest absolute Gasteiger partial charge is 0.497 e. The van der Waals surface area contributed by atoms with Gasteiger partial charge in [-0.1, -0.05) is 18.9 Å². The van der Waals surface area contributed by atoms with E-state index in [9.17, 15) is 9.90 Å². The third kappa shape index (κ3) is 3.60. The molecular formula is C20H27N3O3. The second-order valence-corrected chi connectivity index (χ2v) is 6.94. The number of hydrogen-bond acceptors (Lipinski definition) is 4. The molecule has 0 unspecified atom stereocenters. The highest BCUT2D eigenvalue weighted by Crippen LogP contribution is 2.31. The van der Waals surface area contributed by atoms with E-state index in [1.807, 2.05) is 23.8 Å². The lowest BCUT2D eigenvalue weighted by atomic mass is 9.99. The fourth-order valence-electron chi connectivity index (χ4n) is 3.88. The van der Waals surface area contributed by atoms with Crippen LogP contribution in [0, 0.1) is 6.92 Å². The van der Waals surface area contributed by atoms with Crippen molar-refractivity contribution in [3.63, 3.8) is 0 Å². The standard InChI is InChI=1S/C20H27N3O3/c1-14-21-11-12-23(14)18-10-5-4-9-17(19(18)24)22(2)20(25)15-7-6-8-16(13-15)26-3/h6-8,11-13,17-19,24H,4-5,9-10H2,1-3H3/t17-,18-,19-/m1/s1. The summed E-state index contributed by atoms with van der Waals surface area (Å²) in [6.45, 7) is 1.94. The molecule has 1 heterocycles. The minimum absolute atomic E-state index is 0.0643. The molecule has 1 aliphatic rings. The number of aromatic nitrogens is 2. The van der Waals surface area contributed by atoms with Crippen LogP contribution in [0.5, 0.6) is 5.75 Å². The summed E-state index contributed by atoms with van der Waals surface area (Å²) < 4.78 is 7.25. The Balaban J connectivity index is 1.83. The van der Waals surface area contributed by atoms with Crippen molar-refractivity contribution in [2.75, 3.05) is 14.2 Å². The van der Waals surface area contributed by atoms with Gasteiger partial charge in [0.25, 0.3) is 5.91 Å². The van der Waals surface area contributed by atoms with E-state index in [2.05, 4.69) is 4.98 Å². The van der Waals surface area contributed by atoms with Crippen molar-refractivity contribution < 1.29 is 14.6 Å². The van der Waals surface area contributed by atoms with Crippen molar-refractivity contribution in [3.05, 3.63) is 48.0 Å². The smallest absolute Gasteiger partial charge is 0.254 e. The van der Waals surface area contributed by atoms with Crippen molar-refractivity contribution in [2.45, 2.75) is 50.8 Å². The molecule has 6 heteroatoms. The first kappa shape index (κ1) is 18.5. The van der Waals surface area contributed by atoms with Gasteiger partial charge in [-0.05, 0) is 38.0 Å². The lowest BCUT2D eigenvalue weighted by molar-refractivity contribution is 0.0225. The van der Waals surface area contributed by atoms with E-state index in [-0.39, 0.29) is 18.0 Å². The number of carbonyl (C=O) groups excluding carboxylic acids is 1. The van der Waals surface area contributed by atoms with Crippen LogP contribution < -0.4 is 4.74 Å². The summed E-state index contributed by atoms with van der Waals surface area (Å²) in [5.41, 5.74) is 0.568. The molecule has 2 aromatic rings. The molecule has 6 nitrogen and oxygen atoms in total. The molecule has 3 rings (SSSR count). The SMILES string of the molecule is COc1cccc(C(=O)N(C)[C@@H]2CCCC[C@@H](n3ccnc3C)[C@@H]2O)c1. The summed E-state index contributed by atoms with van der Waals surface area (Å²) >= 11 is 0. The Morgan fingerprint density at radius 3 is 2.81 bits per heavy atom. The number of imidazole rings is 1. The van der Waals surface area contributed by atoms with Crippen LogP contribution in [0.4, 0.5) is 0 Å². The summed E-state index contributed by atoms with van der Waals surface area (Å²) in [6.07, 6.45) is 6.72. The molecule has 0 radical (unpaired) electrons. The first-order valence-electron chi connectivity index (χ1n) is 9.11. The Bertz CT molecular complexity index is 758. The molecule has 1 saturated carbocycles. The maximum atomic E-state index is 13.0. The van der Waals surface area contributed by atoms with Gasteiger partial charge in [0, 0.05) is 25.0 Å². The third-order valence-corrected chi connectivity index (χ3v) is 5.39. The van der Waals surface area contributed by atoms with Gasteiger partial charge in [0.2, 0.25) is 0 Å². The maximum Gasteiger partial charge on any atom is 0.254 e. The van der Waals surface area contributed by atoms with Crippen molar-refractivity contribution in [1.82, 2.24) is 14.5 Å². The van der Waals surface area contributed by atoms with Gasteiger partial charge in [0.05, 0.1) is 25.3 Å². The quantitative estimate of drug-likeness (QED) is 0.855. The molecule has 0 aliphatic heterocycles. The van der Waals surface area contributed by atoms with E-state index in [1.54, 1.807) is 43.5 Å². The number of aryl methyl sites for hydroxylation is 1. The van der Waals surface area contributed by atoms with E-state index in [0.717, 1.165) is 31.5 Å². The summed E-state index contributed by atoms with van der Waals surface area (Å²) in [4.78, 5) is 18.9. The van der Waals surface area contributed by atoms with E-state index < -0.39 is 6.10 Å². The average molecular weight is 357 g/mol. The Morgan fingerprint density at radius 1 is 1.35 bits per heavy atom. The molecule has 1 N–H and O–H groups in total. The number of methoxy groups -OCH3 is 1. The Kier molecular flexibility index (Phi) is 5.61. The number of ether oxygens (including phenoxy) is 1. The number of carbonyl (C=O) groups is 1. The van der Waals surface area contributed by atoms with E-state index >= 15 is 0 Å². The highest BCUT2D eigenvalue weighted by molar-refractivity contribution is 5.94. The fourth-order valence-corrected chi connectivity index (χ4v) is 3.88. The zero-order valence-electron chi connectivity index (χ0n) is 15.6. The number of nitrogens with zero attached hydrogens (tertiary/aromatic N) is 3. The van der Waals surface area contributed by atoms with Gasteiger partial charge in [-0.3, -0.25) is 4.79 Å². The number of rotatable bonds is 4. The van der Waals surface area contributed by atoms with Crippen LogP contribution in [0.2, 0.25) is 0 Å². The minimum atomic E-state index is -0.634. The highest BCUT2D eigenvalue weighted by atomic mass is 16.5. The van der Waals surface area contributed by atoms with Gasteiger partial charge >= 0.3 is 0 Å². The van der Waals surface area contributed by atoms with Crippen LogP contribution in [0.15, 0.2) is 36.7 Å². The highest BCUT2D eigenvalue weighted by Gasteiger charge is 2.36. The second-order valence-electron chi connectivity index (χ2n) is 6.94. The van der Waals surface area contributed by atoms with E-state index in [1.165, 1.54) is 0 Å². The van der Waals surface area contributed by atoms with Crippen LogP contribution in [-0.4, -0.2) is 51.8 Å². The van der Waals surface area contributed by atoms with E-state index in [0.29, 0.717) is 11.3 Å². The molecule has 140 valence electrons. The van der Waals surface area contributed by atoms with Gasteiger partial charge in [0.1, 0.15) is 11.6 Å². The van der Waals surface area contributed by atoms with Crippen molar-refractivity contribution in [1.29, 1.82) is 0 Å². The monoisotopic (exact) mass is 357 g/mol. The van der Waals surface area contributed by atoms with Crippen LogP contribution >= 0.6 is 0 Å². The summed E-state index contributed by atoms with van der Waals surface area (Å²) in [5, 5.41) is 11.1. The third-order valence-electron chi connectivity index (χ3n) is 5.39. The molecule has 0 bridgehead atoms. The predicted molar refractivity (Wildman–Crippen MR) is 99.4 cm³/mol. The zero-order valence-corrected chi connectivity index (χ0v) is 15.6. The molecule has 1 amide bonds. The summed E-state index contributed by atoms with van der Waals surface area (Å²) in [7, 11) is 3.36. The van der Waals surface area contributed by atoms with Crippen LogP contribution in [0.1, 0.15) is 47.9 Å². The lowest BCUT2D eigenvalue weighted by Gasteiger charge is -2.35. The fraction of sp³-hybridized carbons (Fsp3) is 0.500. The number of likely N-dealkylation sites (N-methyl/N-ethyl adjacent to an activating group) is 1. The molecule has 26 heavy (non-hydrogen) atoms. The topological polar surface area (TPSA) is 67.6 Å². The normalized spacial score (nSPS) is 23.3. The van der Waals surface area contributed by atoms with Gasteiger partial charge in [-0.2, -0.15) is 0 Å². The first-order chi connectivity index (χ1) is 12.5. The van der Waals surface area contributed by atoms with Crippen molar-refractivity contribution in [2.24, 2.45) is 0 Å². The Hall–Kier alpha value is -2.34. The van der Waals surface area contributed by atoms with Crippen molar-refractivity contribution >= 4 is 5.91 Å². The summed E-state index contributed by atoms with van der Waals surface area (Å²) in [5.74, 6) is 1.44. The molecule has 0 saturated heterocycles. The number of amides is 1. The first-order valence-corrected chi connectivity index (χ1v) is 9.11. The number of hydrogen-bond donors (Lipinski definition) is 1. The van der Waals surface area contributed by atoms with Gasteiger partial charge in [-0.25, -0.2) is 4.98 Å². The minimum Gasteiger partial charge on any atom is -0.497 e. The van der Waals surface area contributed by atoms with Gasteiger partial charge in [0.15, 0.2) is 0 Å². The van der Waals surface area contributed by atoms with Crippen molar-refractivity contribution in [3.8, 4) is 5.75 Å². The van der Waals surface area contributed by atoms with Crippen LogP contribution in [0.25, 0.3) is 0 Å². The molecule has 0 spiro atoms. The second kappa shape index (κ2) is 7.91. The lowest BCUT2D eigenvalue weighted by Crippen LogP contribution is -2.47. The van der Waals surface area contributed by atoms with Gasteiger partial charge < -0.3 is 19.3 Å². The van der Waals surface area contributed by atoms with E-state index in [4.69, 9.17) is 4.74 Å². The van der Waals surface area contributed by atoms with Gasteiger partial charge in [-0.15, -0.1) is 0 Å². The molecule has 3 atom stereocenters. The molecule has 1 aromatic heterocycles. The molecule has 1 aromatic carbocycles. The number of aliphatic hydroxyl groups excluding tert-OH is 1. The molecule has 1 aliphatic carbocycles. The Morgan fingerprint density at radius 2 is 2.12 bits per heavy atom. The predicted octanol–water partition coefficient (Wildman–Crippen LogP) is 2.82. The zero-order chi connectivity index (χ0) is 18.7. The maximum absolute atomic E-state index is 13.0. The molecular weight excluding hydrogens is 330 g/mol. The number of benzene rings is 1. The molecule has 1 fully saturated rings. The number of aliphatic hydroxyl groups is 1.